The second kappa shape index (κ2) is 18.7. The molecule has 3 heterocycles. The number of guanidine groups is 1. The summed E-state index contributed by atoms with van der Waals surface area (Å²) < 4.78 is 20.5. The van der Waals surface area contributed by atoms with Gasteiger partial charge in [0.05, 0.1) is 28.9 Å². The molecule has 6 rings (SSSR count). The Kier molecular flexibility index (Phi) is 13.5. The van der Waals surface area contributed by atoms with Gasteiger partial charge in [0.15, 0.2) is 17.2 Å². The zero-order chi connectivity index (χ0) is 40.5. The molecule has 0 aliphatic carbocycles. The number of oxime groups is 1. The number of fused-ring (bicyclic) bond motifs is 1. The largest absolute Gasteiger partial charge is 0.489 e. The zero-order valence-corrected chi connectivity index (χ0v) is 34.6. The molecule has 1 fully saturated rings. The van der Waals surface area contributed by atoms with Gasteiger partial charge in [0, 0.05) is 31.6 Å². The molecule has 0 bridgehead atoms. The number of piperidine rings is 1. The van der Waals surface area contributed by atoms with Crippen molar-refractivity contribution in [3.05, 3.63) is 112 Å². The number of halogens is 1. The van der Waals surface area contributed by atoms with E-state index in [1.54, 1.807) is 11.0 Å². The van der Waals surface area contributed by atoms with Crippen LogP contribution in [-0.2, 0) is 37.0 Å². The van der Waals surface area contributed by atoms with Crippen molar-refractivity contribution in [2.45, 2.75) is 70.6 Å². The van der Waals surface area contributed by atoms with E-state index in [1.807, 2.05) is 121 Å². The molecule has 0 spiro atoms. The van der Waals surface area contributed by atoms with Crippen LogP contribution in [0, 0.1) is 0 Å². The van der Waals surface area contributed by atoms with Gasteiger partial charge in [-0.1, -0.05) is 71.9 Å². The molecule has 2 aliphatic rings. The summed E-state index contributed by atoms with van der Waals surface area (Å²) in [6.45, 7) is 7.32. The van der Waals surface area contributed by atoms with Crippen LogP contribution in [0.15, 0.2) is 94.4 Å². The Morgan fingerprint density at radius 1 is 0.982 bits per heavy atom. The summed E-state index contributed by atoms with van der Waals surface area (Å²) in [5.41, 5.74) is 8.98. The fourth-order valence-electron chi connectivity index (χ4n) is 6.22. The van der Waals surface area contributed by atoms with Crippen molar-refractivity contribution in [2.75, 3.05) is 23.2 Å². The van der Waals surface area contributed by atoms with Gasteiger partial charge in [-0.3, -0.25) is 0 Å². The van der Waals surface area contributed by atoms with Crippen molar-refractivity contribution in [3.63, 3.8) is 0 Å². The van der Waals surface area contributed by atoms with E-state index in [9.17, 15) is 19.5 Å². The number of esters is 1. The van der Waals surface area contributed by atoms with E-state index in [0.717, 1.165) is 22.3 Å². The number of aromatic nitrogens is 1. The van der Waals surface area contributed by atoms with Gasteiger partial charge >= 0.3 is 18.0 Å². The summed E-state index contributed by atoms with van der Waals surface area (Å²) in [6, 6.07) is 24.0. The first-order valence-electron chi connectivity index (χ1n) is 18.3. The van der Waals surface area contributed by atoms with E-state index in [1.165, 1.54) is 16.7 Å². The van der Waals surface area contributed by atoms with E-state index in [2.05, 4.69) is 13.7 Å². The molecule has 0 saturated carbocycles. The van der Waals surface area contributed by atoms with Crippen molar-refractivity contribution in [3.8, 4) is 5.75 Å². The maximum atomic E-state index is 13.9. The number of carboxylic acids is 1. The third-order valence-electron chi connectivity index (χ3n) is 9.06. The van der Waals surface area contributed by atoms with E-state index in [4.69, 9.17) is 29.8 Å². The van der Waals surface area contributed by atoms with Crippen molar-refractivity contribution >= 4 is 69.0 Å². The van der Waals surface area contributed by atoms with Gasteiger partial charge in [-0.25, -0.2) is 24.4 Å². The fourth-order valence-corrected chi connectivity index (χ4v) is 7.31. The summed E-state index contributed by atoms with van der Waals surface area (Å²) in [4.78, 5) is 57.0. The predicted molar refractivity (Wildman–Crippen MR) is 223 cm³/mol. The van der Waals surface area contributed by atoms with Crippen LogP contribution >= 0.6 is 34.2 Å². The van der Waals surface area contributed by atoms with Gasteiger partial charge in [0.1, 0.15) is 23.7 Å². The number of carbonyl (C=O) groups is 3. The number of anilines is 1. The second-order valence-electron chi connectivity index (χ2n) is 14.4. The summed E-state index contributed by atoms with van der Waals surface area (Å²) in [7, 11) is 0. The van der Waals surface area contributed by atoms with Crippen LogP contribution in [0.4, 0.5) is 9.93 Å². The summed E-state index contributed by atoms with van der Waals surface area (Å²) in [5.74, 6) is -1.34. The Morgan fingerprint density at radius 3 is 2.23 bits per heavy atom. The smallest absolute Gasteiger partial charge is 0.410 e. The normalized spacial score (nSPS) is 15.5. The highest BCUT2D eigenvalue weighted by Gasteiger charge is 2.31. The Morgan fingerprint density at radius 2 is 1.63 bits per heavy atom. The van der Waals surface area contributed by atoms with Crippen LogP contribution in [0.5, 0.6) is 5.75 Å². The molecule has 0 radical (unpaired) electrons. The molecule has 1 atom stereocenters. The molecule has 2 aliphatic heterocycles. The number of benzene rings is 3. The molecule has 17 heteroatoms. The number of rotatable bonds is 13. The topological polar surface area (TPSA) is 190 Å². The molecule has 57 heavy (non-hydrogen) atoms. The van der Waals surface area contributed by atoms with Gasteiger partial charge < -0.3 is 43.2 Å². The number of nitrogens with one attached hydrogen (secondary N) is 1. The molecule has 4 aromatic rings. The standard InChI is InChI=1S/C40H44IN7O8S/c1-40(2,3)55-39(52)47-18-16-29(17-19-47)43-37(42)48-21-27-14-15-30(20-28(27)22-48)53-23-32(56-46-33(35(49)50)31-24-57-38(44-31)45-41)36(51)54-34(25-10-6-4-7-11-25)26-12-8-5-9-13-26/h4-15,20,24,29,32,34H,16-19,21-23H2,1-3H3,(H2,42,43)(H,44,45)(H,49,50)/b46-33-/t32-/m0/s1. The minimum absolute atomic E-state index is 0.0174. The molecule has 1 saturated heterocycles. The van der Waals surface area contributed by atoms with Crippen molar-refractivity contribution in [1.29, 1.82) is 0 Å². The third-order valence-corrected chi connectivity index (χ3v) is 10.7. The van der Waals surface area contributed by atoms with Crippen LogP contribution in [0.2, 0.25) is 0 Å². The lowest BCUT2D eigenvalue weighted by Crippen LogP contribution is -2.43. The number of carbonyl (C=O) groups excluding carboxylic acids is 2. The molecule has 3 aromatic carbocycles. The number of aliphatic imine (C=N–C) groups is 1. The molecule has 300 valence electrons. The first-order valence-corrected chi connectivity index (χ1v) is 20.2. The number of likely N-dealkylation sites (tertiary alicyclic amines) is 1. The van der Waals surface area contributed by atoms with E-state index in [0.29, 0.717) is 55.9 Å². The van der Waals surface area contributed by atoms with E-state index in [-0.39, 0.29) is 24.4 Å². The molecule has 4 N–H and O–H groups in total. The van der Waals surface area contributed by atoms with Gasteiger partial charge in [0.25, 0.3) is 6.10 Å². The van der Waals surface area contributed by atoms with Gasteiger partial charge in [-0.2, -0.15) is 0 Å². The van der Waals surface area contributed by atoms with Crippen LogP contribution < -0.4 is 14.0 Å². The van der Waals surface area contributed by atoms with Crippen LogP contribution in [-0.4, -0.2) is 87.0 Å². The summed E-state index contributed by atoms with van der Waals surface area (Å²) in [5, 5.41) is 15.8. The number of amides is 1. The Bertz CT molecular complexity index is 2050. The highest BCUT2D eigenvalue weighted by Crippen LogP contribution is 2.29. The maximum absolute atomic E-state index is 13.9. The number of carboxylic acid groups (broad SMARTS) is 1. The number of thiazole rings is 1. The van der Waals surface area contributed by atoms with Crippen molar-refractivity contribution < 1.29 is 38.5 Å². The molecule has 1 amide bonds. The maximum Gasteiger partial charge on any atom is 0.410 e. The molecule has 0 unspecified atom stereocenters. The highest BCUT2D eigenvalue weighted by molar-refractivity contribution is 14.1. The quantitative estimate of drug-likeness (QED) is 0.0329. The average Bonchev–Trinajstić information content (AvgIpc) is 3.86. The molecule has 1 aromatic heterocycles. The van der Waals surface area contributed by atoms with Crippen LogP contribution in [0.25, 0.3) is 0 Å². The van der Waals surface area contributed by atoms with Crippen molar-refractivity contribution in [2.24, 2.45) is 15.9 Å². The molecular weight excluding hydrogens is 865 g/mol. The number of aliphatic carboxylic acids is 1. The molecule has 15 nitrogen and oxygen atoms in total. The number of nitrogens with zero attached hydrogens (tertiary/aromatic N) is 5. The predicted octanol–water partition coefficient (Wildman–Crippen LogP) is 6.52. The number of ether oxygens (including phenoxy) is 3. The SMILES string of the molecule is CC(C)(C)OC(=O)N1CCC(N=C(N)N2Cc3ccc(OC[C@H](O/N=C(\C(=O)O)c4csc(NI)n4)C(=O)OC(c4ccccc4)c4ccccc4)cc3C2)CC1. The number of nitrogens with two attached hydrogens (primary N) is 1. The van der Waals surface area contributed by atoms with Crippen LogP contribution in [0.3, 0.4) is 0 Å². The Balaban J connectivity index is 1.15. The minimum Gasteiger partial charge on any atom is -0.489 e. The molecular formula is C40H44IN7O8S. The van der Waals surface area contributed by atoms with Gasteiger partial charge in [-0.15, -0.1) is 11.3 Å². The zero-order valence-electron chi connectivity index (χ0n) is 31.7. The van der Waals surface area contributed by atoms with E-state index < -0.39 is 35.5 Å². The summed E-state index contributed by atoms with van der Waals surface area (Å²) in [6.07, 6.45) is -1.22. The van der Waals surface area contributed by atoms with E-state index >= 15 is 0 Å². The highest BCUT2D eigenvalue weighted by atomic mass is 127. The second-order valence-corrected chi connectivity index (χ2v) is 15.8. The first kappa shape index (κ1) is 41.2. The lowest BCUT2D eigenvalue weighted by Gasteiger charge is -2.32. The fraction of sp³-hybridized carbons (Fsp3) is 0.350. The monoisotopic (exact) mass is 909 g/mol. The Labute approximate surface area is 348 Å². The van der Waals surface area contributed by atoms with Crippen molar-refractivity contribution in [1.82, 2.24) is 14.8 Å². The lowest BCUT2D eigenvalue weighted by molar-refractivity contribution is -0.163. The number of hydrogen-bond donors (Lipinski definition) is 3. The van der Waals surface area contributed by atoms with Gasteiger partial charge in [0.2, 0.25) is 5.71 Å². The first-order chi connectivity index (χ1) is 27.4. The van der Waals surface area contributed by atoms with Gasteiger partial charge in [-0.05, 0) is 68.0 Å². The number of hydrogen-bond acceptors (Lipinski definition) is 12. The van der Waals surface area contributed by atoms with Crippen LogP contribution in [0.1, 0.15) is 67.7 Å². The Hall–Kier alpha value is -5.43. The minimum atomic E-state index is -1.47. The summed E-state index contributed by atoms with van der Waals surface area (Å²) >= 11 is 3.08. The lowest BCUT2D eigenvalue weighted by atomic mass is 10.0. The third kappa shape index (κ3) is 11.1. The average molecular weight is 910 g/mol.